The van der Waals surface area contributed by atoms with Crippen LogP contribution in [-0.2, 0) is 14.8 Å². The van der Waals surface area contributed by atoms with Gasteiger partial charge in [-0.1, -0.05) is 54.6 Å². The van der Waals surface area contributed by atoms with Crippen LogP contribution in [0.1, 0.15) is 22.8 Å². The molecule has 11 heteroatoms. The number of thiazole rings is 1. The van der Waals surface area contributed by atoms with Crippen molar-refractivity contribution in [2.45, 2.75) is 11.8 Å². The molecule has 9 nitrogen and oxygen atoms in total. The molecule has 37 heavy (non-hydrogen) atoms. The van der Waals surface area contributed by atoms with E-state index >= 15 is 0 Å². The molecule has 1 aliphatic heterocycles. The fourth-order valence-corrected chi connectivity index (χ4v) is 5.96. The Labute approximate surface area is 217 Å². The molecule has 0 aliphatic carbocycles. The highest BCUT2D eigenvalue weighted by Crippen LogP contribution is 2.29. The standard InChI is InChI=1S/C26H21N5O4S2/c1-17(29-30-26-28-22(16-36-26)19-7-3-2-4-8-19)18-11-13-20(14-12-18)27-24(32)15-31-25(33)21-9-5-6-10-23(21)37(31,34)35/h2-14,16H,15H2,1H3,(H,27,32)(H,28,30)/b29-17-. The molecule has 186 valence electrons. The summed E-state index contributed by atoms with van der Waals surface area (Å²) in [6.45, 7) is 1.23. The SMILES string of the molecule is C/C(=N/Nc1nc(-c2ccccc2)cs1)c1ccc(NC(=O)CN2C(=O)c3ccccc3S2(=O)=O)cc1. The van der Waals surface area contributed by atoms with Gasteiger partial charge in [0, 0.05) is 16.6 Å². The second-order valence-corrected chi connectivity index (χ2v) is 10.8. The molecule has 5 rings (SSSR count). The Balaban J connectivity index is 1.20. The molecular formula is C26H21N5O4S2. The lowest BCUT2D eigenvalue weighted by Gasteiger charge is -2.15. The molecule has 0 bridgehead atoms. The van der Waals surface area contributed by atoms with Crippen molar-refractivity contribution in [2.75, 3.05) is 17.3 Å². The summed E-state index contributed by atoms with van der Waals surface area (Å²) in [6.07, 6.45) is 0. The van der Waals surface area contributed by atoms with E-state index in [4.69, 9.17) is 0 Å². The Morgan fingerprint density at radius 2 is 1.70 bits per heavy atom. The van der Waals surface area contributed by atoms with Crippen molar-refractivity contribution in [1.82, 2.24) is 9.29 Å². The first kappa shape index (κ1) is 24.3. The molecule has 3 aromatic carbocycles. The van der Waals surface area contributed by atoms with Gasteiger partial charge in [0.25, 0.3) is 15.9 Å². The van der Waals surface area contributed by atoms with Gasteiger partial charge in [-0.3, -0.25) is 15.0 Å². The molecule has 1 aliphatic rings. The number of carbonyl (C=O) groups is 2. The van der Waals surface area contributed by atoms with Gasteiger partial charge in [0.15, 0.2) is 0 Å². The zero-order valence-electron chi connectivity index (χ0n) is 19.6. The summed E-state index contributed by atoms with van der Waals surface area (Å²) in [5, 5.41) is 9.65. The second-order valence-electron chi connectivity index (χ2n) is 8.15. The van der Waals surface area contributed by atoms with Crippen molar-refractivity contribution >= 4 is 49.7 Å². The Morgan fingerprint density at radius 3 is 2.43 bits per heavy atom. The number of nitrogens with one attached hydrogen (secondary N) is 2. The fraction of sp³-hybridized carbons (Fsp3) is 0.0769. The van der Waals surface area contributed by atoms with E-state index in [0.717, 1.165) is 16.8 Å². The number of hydrogen-bond acceptors (Lipinski definition) is 8. The van der Waals surface area contributed by atoms with Crippen LogP contribution in [-0.4, -0.2) is 41.8 Å². The number of aromatic nitrogens is 1. The lowest BCUT2D eigenvalue weighted by atomic mass is 10.1. The van der Waals surface area contributed by atoms with Gasteiger partial charge in [0.1, 0.15) is 11.4 Å². The lowest BCUT2D eigenvalue weighted by Crippen LogP contribution is -2.37. The summed E-state index contributed by atoms with van der Waals surface area (Å²) >= 11 is 1.45. The molecule has 2 amide bonds. The van der Waals surface area contributed by atoms with E-state index < -0.39 is 28.4 Å². The third-order valence-corrected chi connectivity index (χ3v) is 8.21. The summed E-state index contributed by atoms with van der Waals surface area (Å²) in [6, 6.07) is 22.7. The first-order valence-corrected chi connectivity index (χ1v) is 13.5. The number of nitrogens with zero attached hydrogens (tertiary/aromatic N) is 3. The van der Waals surface area contributed by atoms with Crippen LogP contribution < -0.4 is 10.7 Å². The van der Waals surface area contributed by atoms with Crippen molar-refractivity contribution in [1.29, 1.82) is 0 Å². The average molecular weight is 532 g/mol. The predicted octanol–water partition coefficient (Wildman–Crippen LogP) is 4.43. The van der Waals surface area contributed by atoms with Gasteiger partial charge in [-0.2, -0.15) is 5.10 Å². The van der Waals surface area contributed by atoms with Gasteiger partial charge in [-0.15, -0.1) is 11.3 Å². The maximum atomic E-state index is 12.6. The first-order chi connectivity index (χ1) is 17.8. The van der Waals surface area contributed by atoms with Gasteiger partial charge in [-0.25, -0.2) is 17.7 Å². The number of hydrogen-bond donors (Lipinski definition) is 2. The van der Waals surface area contributed by atoms with Crippen LogP contribution in [0.4, 0.5) is 10.8 Å². The molecule has 0 saturated heterocycles. The van der Waals surface area contributed by atoms with E-state index in [9.17, 15) is 18.0 Å². The number of sulfonamides is 1. The summed E-state index contributed by atoms with van der Waals surface area (Å²) < 4.78 is 25.9. The maximum Gasteiger partial charge on any atom is 0.269 e. The summed E-state index contributed by atoms with van der Waals surface area (Å²) in [4.78, 5) is 29.5. The first-order valence-electron chi connectivity index (χ1n) is 11.2. The second kappa shape index (κ2) is 9.96. The van der Waals surface area contributed by atoms with Crippen LogP contribution >= 0.6 is 11.3 Å². The van der Waals surface area contributed by atoms with E-state index in [-0.39, 0.29) is 10.5 Å². The Bertz CT molecular complexity index is 1610. The minimum atomic E-state index is -4.05. The summed E-state index contributed by atoms with van der Waals surface area (Å²) in [5.41, 5.74) is 6.92. The predicted molar refractivity (Wildman–Crippen MR) is 143 cm³/mol. The van der Waals surface area contributed by atoms with E-state index in [1.54, 1.807) is 30.3 Å². The minimum Gasteiger partial charge on any atom is -0.325 e. The number of amides is 2. The van der Waals surface area contributed by atoms with Crippen LogP contribution in [0.2, 0.25) is 0 Å². The Hall–Kier alpha value is -4.35. The van der Waals surface area contributed by atoms with Crippen LogP contribution in [0.25, 0.3) is 11.3 Å². The highest BCUT2D eigenvalue weighted by atomic mass is 32.2. The molecular weight excluding hydrogens is 510 g/mol. The zero-order valence-corrected chi connectivity index (χ0v) is 21.2. The minimum absolute atomic E-state index is 0.0667. The number of rotatable bonds is 7. The molecule has 0 fully saturated rings. The van der Waals surface area contributed by atoms with Crippen molar-refractivity contribution in [3.63, 3.8) is 0 Å². The Morgan fingerprint density at radius 1 is 1.00 bits per heavy atom. The fourth-order valence-electron chi connectivity index (χ4n) is 3.78. The van der Waals surface area contributed by atoms with Gasteiger partial charge < -0.3 is 5.32 Å². The van der Waals surface area contributed by atoms with Gasteiger partial charge >= 0.3 is 0 Å². The van der Waals surface area contributed by atoms with E-state index in [1.807, 2.05) is 42.6 Å². The average Bonchev–Trinajstić information content (AvgIpc) is 3.46. The number of anilines is 2. The number of carbonyl (C=O) groups excluding carboxylic acids is 2. The van der Waals surface area contributed by atoms with Crippen LogP contribution in [0, 0.1) is 0 Å². The number of fused-ring (bicyclic) bond motifs is 1. The van der Waals surface area contributed by atoms with Crippen LogP contribution in [0.15, 0.2) is 94.2 Å². The summed E-state index contributed by atoms with van der Waals surface area (Å²) in [5.74, 6) is -1.33. The molecule has 4 aromatic rings. The highest BCUT2D eigenvalue weighted by Gasteiger charge is 2.41. The van der Waals surface area contributed by atoms with Crippen molar-refractivity contribution in [3.8, 4) is 11.3 Å². The molecule has 2 heterocycles. The molecule has 0 unspecified atom stereocenters. The monoisotopic (exact) mass is 531 g/mol. The highest BCUT2D eigenvalue weighted by molar-refractivity contribution is 7.90. The van der Waals surface area contributed by atoms with Gasteiger partial charge in [0.05, 0.1) is 17.0 Å². The van der Waals surface area contributed by atoms with Crippen LogP contribution in [0.3, 0.4) is 0 Å². The largest absolute Gasteiger partial charge is 0.325 e. The topological polar surface area (TPSA) is 121 Å². The van der Waals surface area contributed by atoms with Crippen molar-refractivity contribution < 1.29 is 18.0 Å². The lowest BCUT2D eigenvalue weighted by molar-refractivity contribution is -0.116. The third kappa shape index (κ3) is 4.99. The van der Waals surface area contributed by atoms with Gasteiger partial charge in [-0.05, 0) is 36.8 Å². The Kier molecular flexibility index (Phi) is 6.55. The van der Waals surface area contributed by atoms with Crippen molar-refractivity contribution in [2.24, 2.45) is 5.10 Å². The number of benzene rings is 3. The van der Waals surface area contributed by atoms with E-state index in [0.29, 0.717) is 20.8 Å². The van der Waals surface area contributed by atoms with Crippen LogP contribution in [0.5, 0.6) is 0 Å². The normalized spacial score (nSPS) is 14.4. The zero-order chi connectivity index (χ0) is 26.0. The van der Waals surface area contributed by atoms with E-state index in [2.05, 4.69) is 20.8 Å². The molecule has 0 atom stereocenters. The smallest absolute Gasteiger partial charge is 0.269 e. The molecule has 1 aromatic heterocycles. The molecule has 0 saturated carbocycles. The van der Waals surface area contributed by atoms with Gasteiger partial charge in [0.2, 0.25) is 11.0 Å². The quantitative estimate of drug-likeness (QED) is 0.269. The number of hydrazone groups is 1. The molecule has 0 radical (unpaired) electrons. The van der Waals surface area contributed by atoms with E-state index in [1.165, 1.54) is 29.5 Å². The maximum absolute atomic E-state index is 12.6. The van der Waals surface area contributed by atoms with Crippen molar-refractivity contribution in [3.05, 3.63) is 95.4 Å². The molecule has 0 spiro atoms. The summed E-state index contributed by atoms with van der Waals surface area (Å²) in [7, 11) is -4.05. The molecule has 2 N–H and O–H groups in total. The third-order valence-electron chi connectivity index (χ3n) is 5.68.